The molecule has 152 valence electrons. The number of carbonyl (C=O) groups is 1. The van der Waals surface area contributed by atoms with Crippen molar-refractivity contribution in [3.8, 4) is 5.75 Å². The third kappa shape index (κ3) is 6.13. The smallest absolute Gasteiger partial charge is 0.262 e. The first-order valence-corrected chi connectivity index (χ1v) is 9.75. The fourth-order valence-electron chi connectivity index (χ4n) is 2.05. The second kappa shape index (κ2) is 9.78. The highest BCUT2D eigenvalue weighted by atomic mass is 35.5. The van der Waals surface area contributed by atoms with Crippen molar-refractivity contribution in [1.82, 2.24) is 4.72 Å². The number of ether oxygens (including phenoxy) is 2. The first kappa shape index (κ1) is 22.0. The molecule has 0 fully saturated rings. The van der Waals surface area contributed by atoms with E-state index in [-0.39, 0.29) is 34.5 Å². The van der Waals surface area contributed by atoms with E-state index >= 15 is 0 Å². The standard InChI is InChI=1S/C17H17ClF2N2O5S/c1-26-7-6-21-28(24,25)12-3-5-16(13(18)9-12)27-10-17(23)22-15-4-2-11(19)8-14(15)20/h2-5,8-9,21H,6-7,10H2,1H3,(H,22,23). The molecule has 2 aromatic carbocycles. The normalized spacial score (nSPS) is 11.3. The average Bonchev–Trinajstić information content (AvgIpc) is 2.63. The lowest BCUT2D eigenvalue weighted by Crippen LogP contribution is -2.27. The number of sulfonamides is 1. The quantitative estimate of drug-likeness (QED) is 0.592. The van der Waals surface area contributed by atoms with Gasteiger partial charge >= 0.3 is 0 Å². The van der Waals surface area contributed by atoms with Crippen molar-refractivity contribution in [3.63, 3.8) is 0 Å². The second-order valence-electron chi connectivity index (χ2n) is 5.44. The number of rotatable bonds is 9. The summed E-state index contributed by atoms with van der Waals surface area (Å²) in [6.45, 7) is -0.221. The summed E-state index contributed by atoms with van der Waals surface area (Å²) in [6, 6.07) is 6.42. The van der Waals surface area contributed by atoms with Gasteiger partial charge in [-0.2, -0.15) is 0 Å². The molecule has 2 rings (SSSR count). The Hall–Kier alpha value is -2.27. The van der Waals surface area contributed by atoms with Crippen LogP contribution in [0.3, 0.4) is 0 Å². The third-order valence-corrected chi connectivity index (χ3v) is 5.13. The summed E-state index contributed by atoms with van der Waals surface area (Å²) in [7, 11) is -2.33. The lowest BCUT2D eigenvalue weighted by atomic mass is 10.3. The van der Waals surface area contributed by atoms with Crippen LogP contribution in [-0.4, -0.2) is 41.2 Å². The maximum atomic E-state index is 13.5. The van der Waals surface area contributed by atoms with Crippen LogP contribution in [0.15, 0.2) is 41.3 Å². The maximum Gasteiger partial charge on any atom is 0.262 e. The molecule has 2 aromatic rings. The van der Waals surface area contributed by atoms with Crippen LogP contribution in [0, 0.1) is 11.6 Å². The molecular formula is C17H17ClF2N2O5S. The highest BCUT2D eigenvalue weighted by molar-refractivity contribution is 7.89. The summed E-state index contributed by atoms with van der Waals surface area (Å²) in [4.78, 5) is 11.8. The summed E-state index contributed by atoms with van der Waals surface area (Å²) in [6.07, 6.45) is 0. The van der Waals surface area contributed by atoms with E-state index in [1.54, 1.807) is 0 Å². The fraction of sp³-hybridized carbons (Fsp3) is 0.235. The van der Waals surface area contributed by atoms with Gasteiger partial charge in [0.1, 0.15) is 17.4 Å². The van der Waals surface area contributed by atoms with Crippen LogP contribution < -0.4 is 14.8 Å². The number of carbonyl (C=O) groups excluding carboxylic acids is 1. The minimum atomic E-state index is -3.77. The Kier molecular flexibility index (Phi) is 7.69. The van der Waals surface area contributed by atoms with E-state index < -0.39 is 34.2 Å². The Bertz CT molecular complexity index is 957. The molecule has 1 amide bonds. The van der Waals surface area contributed by atoms with E-state index in [0.29, 0.717) is 6.07 Å². The van der Waals surface area contributed by atoms with Gasteiger partial charge in [-0.1, -0.05) is 11.6 Å². The monoisotopic (exact) mass is 434 g/mol. The van der Waals surface area contributed by atoms with Gasteiger partial charge in [0.2, 0.25) is 10.0 Å². The molecular weight excluding hydrogens is 418 g/mol. The Labute approximate surface area is 165 Å². The van der Waals surface area contributed by atoms with Crippen LogP contribution >= 0.6 is 11.6 Å². The van der Waals surface area contributed by atoms with Gasteiger partial charge in [-0.05, 0) is 30.3 Å². The fourth-order valence-corrected chi connectivity index (χ4v) is 3.39. The largest absolute Gasteiger partial charge is 0.482 e. The number of hydrogen-bond donors (Lipinski definition) is 2. The first-order valence-electron chi connectivity index (χ1n) is 7.89. The zero-order chi connectivity index (χ0) is 20.7. The van der Waals surface area contributed by atoms with Gasteiger partial charge in [-0.3, -0.25) is 4.79 Å². The number of amides is 1. The van der Waals surface area contributed by atoms with Crippen LogP contribution in [0.5, 0.6) is 5.75 Å². The number of nitrogens with one attached hydrogen (secondary N) is 2. The predicted molar refractivity (Wildman–Crippen MR) is 99.0 cm³/mol. The summed E-state index contributed by atoms with van der Waals surface area (Å²) < 4.78 is 62.9. The molecule has 0 saturated carbocycles. The SMILES string of the molecule is COCCNS(=O)(=O)c1ccc(OCC(=O)Nc2ccc(F)cc2F)c(Cl)c1. The molecule has 0 heterocycles. The Morgan fingerprint density at radius 3 is 2.57 bits per heavy atom. The number of methoxy groups -OCH3 is 1. The number of hydrogen-bond acceptors (Lipinski definition) is 5. The Balaban J connectivity index is 1.98. The number of halogens is 3. The lowest BCUT2D eigenvalue weighted by molar-refractivity contribution is -0.118. The average molecular weight is 435 g/mol. The zero-order valence-corrected chi connectivity index (χ0v) is 16.2. The summed E-state index contributed by atoms with van der Waals surface area (Å²) in [5, 5.41) is 2.19. The first-order chi connectivity index (χ1) is 13.2. The molecule has 0 atom stereocenters. The highest BCUT2D eigenvalue weighted by Crippen LogP contribution is 2.27. The van der Waals surface area contributed by atoms with Crippen molar-refractivity contribution in [2.24, 2.45) is 0 Å². The Morgan fingerprint density at radius 2 is 1.93 bits per heavy atom. The molecule has 0 spiro atoms. The summed E-state index contributed by atoms with van der Waals surface area (Å²) in [5.41, 5.74) is -0.204. The molecule has 0 bridgehead atoms. The minimum absolute atomic E-state index is 0.0321. The third-order valence-electron chi connectivity index (χ3n) is 3.38. The topological polar surface area (TPSA) is 93.7 Å². The maximum absolute atomic E-state index is 13.5. The van der Waals surface area contributed by atoms with Crippen molar-refractivity contribution in [1.29, 1.82) is 0 Å². The summed E-state index contributed by atoms with van der Waals surface area (Å²) >= 11 is 6.01. The molecule has 28 heavy (non-hydrogen) atoms. The van der Waals surface area contributed by atoms with Crippen molar-refractivity contribution >= 4 is 33.2 Å². The summed E-state index contributed by atoms with van der Waals surface area (Å²) in [5.74, 6) is -2.35. The van der Waals surface area contributed by atoms with Crippen LogP contribution in [-0.2, 0) is 19.6 Å². The highest BCUT2D eigenvalue weighted by Gasteiger charge is 2.16. The van der Waals surface area contributed by atoms with Gasteiger partial charge < -0.3 is 14.8 Å². The molecule has 7 nitrogen and oxygen atoms in total. The van der Waals surface area contributed by atoms with Gasteiger partial charge in [0.05, 0.1) is 22.2 Å². The van der Waals surface area contributed by atoms with Gasteiger partial charge in [0.25, 0.3) is 5.91 Å². The molecule has 11 heteroatoms. The molecule has 0 aromatic heterocycles. The van der Waals surface area contributed by atoms with Crippen molar-refractivity contribution < 1.29 is 31.5 Å². The zero-order valence-electron chi connectivity index (χ0n) is 14.7. The lowest BCUT2D eigenvalue weighted by Gasteiger charge is -2.11. The molecule has 2 N–H and O–H groups in total. The predicted octanol–water partition coefficient (Wildman–Crippen LogP) is 2.56. The van der Waals surface area contributed by atoms with Crippen molar-refractivity contribution in [2.45, 2.75) is 4.90 Å². The Morgan fingerprint density at radius 1 is 1.18 bits per heavy atom. The molecule has 0 radical (unpaired) electrons. The van der Waals surface area contributed by atoms with E-state index in [0.717, 1.165) is 12.1 Å². The second-order valence-corrected chi connectivity index (χ2v) is 7.62. The van der Waals surface area contributed by atoms with Gasteiger partial charge in [-0.15, -0.1) is 0 Å². The van der Waals surface area contributed by atoms with E-state index in [1.807, 2.05) is 0 Å². The molecule has 0 aliphatic heterocycles. The van der Waals surface area contributed by atoms with E-state index in [1.165, 1.54) is 25.3 Å². The van der Waals surface area contributed by atoms with Gasteiger partial charge in [0.15, 0.2) is 6.61 Å². The van der Waals surface area contributed by atoms with E-state index in [9.17, 15) is 22.0 Å². The number of anilines is 1. The minimum Gasteiger partial charge on any atom is -0.482 e. The van der Waals surface area contributed by atoms with Crippen LogP contribution in [0.25, 0.3) is 0 Å². The van der Waals surface area contributed by atoms with Crippen LogP contribution in [0.2, 0.25) is 5.02 Å². The number of benzene rings is 2. The van der Waals surface area contributed by atoms with Gasteiger partial charge in [-0.25, -0.2) is 21.9 Å². The van der Waals surface area contributed by atoms with E-state index in [2.05, 4.69) is 10.0 Å². The van der Waals surface area contributed by atoms with Crippen molar-refractivity contribution in [3.05, 3.63) is 53.1 Å². The van der Waals surface area contributed by atoms with Crippen molar-refractivity contribution in [2.75, 3.05) is 32.2 Å². The van der Waals surface area contributed by atoms with Gasteiger partial charge in [0, 0.05) is 19.7 Å². The molecule has 0 saturated heterocycles. The van der Waals surface area contributed by atoms with Crippen LogP contribution in [0.1, 0.15) is 0 Å². The van der Waals surface area contributed by atoms with E-state index in [4.69, 9.17) is 21.1 Å². The van der Waals surface area contributed by atoms with Crippen LogP contribution in [0.4, 0.5) is 14.5 Å². The molecule has 0 unspecified atom stereocenters. The molecule has 0 aliphatic rings. The molecule has 0 aliphatic carbocycles.